The van der Waals surface area contributed by atoms with Gasteiger partial charge in [0, 0.05) is 0 Å². The van der Waals surface area contributed by atoms with Gasteiger partial charge in [0.2, 0.25) is 0 Å². The van der Waals surface area contributed by atoms with Crippen LogP contribution in [0.3, 0.4) is 0 Å². The predicted octanol–water partition coefficient (Wildman–Crippen LogP) is 6.14. The van der Waals surface area contributed by atoms with Gasteiger partial charge in [-0.05, 0) is 0 Å². The standard InChI is InChI=1S/C20H31ClP.Pd/c1-16(2)17-8-7-13-20(14-17)22(15-21,18-9-3-4-10-18)19-11-5-6-12-19;/h7-8,13-16,18-19,22H,3-6,9-12H2,1-2H3;. The molecule has 0 aliphatic heterocycles. The zero-order valence-corrected chi connectivity index (χ0v) is 17.8. The second-order valence-corrected chi connectivity index (χ2v) is 15.6. The number of rotatable bonds is 5. The van der Waals surface area contributed by atoms with Crippen molar-refractivity contribution >= 4 is 24.2 Å². The molecule has 2 saturated carbocycles. The van der Waals surface area contributed by atoms with Crippen LogP contribution in [-0.4, -0.2) is 14.9 Å². The summed E-state index contributed by atoms with van der Waals surface area (Å²) in [5.41, 5.74) is 3.25. The van der Waals surface area contributed by atoms with Gasteiger partial charge >= 0.3 is 159 Å². The molecule has 3 heteroatoms. The number of alkyl halides is 1. The van der Waals surface area contributed by atoms with Gasteiger partial charge in [0.1, 0.15) is 0 Å². The van der Waals surface area contributed by atoms with Crippen LogP contribution in [0.15, 0.2) is 24.3 Å². The van der Waals surface area contributed by atoms with E-state index in [-0.39, 0.29) is 3.59 Å². The molecule has 0 bridgehead atoms. The van der Waals surface area contributed by atoms with Crippen LogP contribution in [-0.2, 0) is 19.2 Å². The fourth-order valence-electron chi connectivity index (χ4n) is 5.22. The summed E-state index contributed by atoms with van der Waals surface area (Å²) in [4.78, 5) is 0. The van der Waals surface area contributed by atoms with E-state index >= 15 is 0 Å². The van der Waals surface area contributed by atoms with Gasteiger partial charge in [-0.2, -0.15) is 0 Å². The molecule has 0 N–H and O–H groups in total. The van der Waals surface area contributed by atoms with Crippen molar-refractivity contribution in [1.82, 2.24) is 0 Å². The average Bonchev–Trinajstić information content (AvgIpc) is 3.22. The van der Waals surface area contributed by atoms with Gasteiger partial charge in [-0.15, -0.1) is 0 Å². The van der Waals surface area contributed by atoms with Crippen molar-refractivity contribution in [3.8, 4) is 0 Å². The predicted molar refractivity (Wildman–Crippen MR) is 103 cm³/mol. The molecule has 0 aromatic heterocycles. The Morgan fingerprint density at radius 3 is 1.96 bits per heavy atom. The second kappa shape index (κ2) is 7.87. The Morgan fingerprint density at radius 1 is 1.00 bits per heavy atom. The monoisotopic (exact) mass is 443 g/mol. The summed E-state index contributed by atoms with van der Waals surface area (Å²) in [5.74, 6) is 0.598. The van der Waals surface area contributed by atoms with Crippen molar-refractivity contribution in [2.45, 2.75) is 86.0 Å². The first-order chi connectivity index (χ1) is 11.1. The first kappa shape index (κ1) is 18.4. The van der Waals surface area contributed by atoms with E-state index in [4.69, 9.17) is 11.6 Å². The third-order valence-corrected chi connectivity index (χ3v) is 15.6. The number of halogens is 1. The van der Waals surface area contributed by atoms with Crippen molar-refractivity contribution in [2.24, 2.45) is 0 Å². The number of hydrogen-bond donors (Lipinski definition) is 0. The van der Waals surface area contributed by atoms with Crippen molar-refractivity contribution in [3.05, 3.63) is 29.8 Å². The Morgan fingerprint density at radius 2 is 1.52 bits per heavy atom. The summed E-state index contributed by atoms with van der Waals surface area (Å²) < 4.78 is 0.208. The summed E-state index contributed by atoms with van der Waals surface area (Å²) in [6, 6.07) is 9.57. The van der Waals surface area contributed by atoms with E-state index in [0.29, 0.717) is 5.92 Å². The molecule has 0 radical (unpaired) electrons. The van der Waals surface area contributed by atoms with E-state index in [1.165, 1.54) is 56.9 Å². The zero-order chi connectivity index (χ0) is 16.4. The molecule has 0 amide bonds. The summed E-state index contributed by atoms with van der Waals surface area (Å²) in [6.45, 7) is 4.62. The molecule has 23 heavy (non-hydrogen) atoms. The Labute approximate surface area is 158 Å². The van der Waals surface area contributed by atoms with Gasteiger partial charge < -0.3 is 0 Å². The van der Waals surface area contributed by atoms with Crippen LogP contribution >= 0.6 is 18.9 Å². The van der Waals surface area contributed by atoms with Crippen LogP contribution in [0.1, 0.15) is 76.7 Å². The molecule has 0 nitrogen and oxygen atoms in total. The Bertz CT molecular complexity index is 500. The molecule has 0 saturated heterocycles. The van der Waals surface area contributed by atoms with E-state index in [2.05, 4.69) is 57.3 Å². The van der Waals surface area contributed by atoms with Crippen LogP contribution < -0.4 is 5.30 Å². The molecular formula is C20H31ClPPd. The third-order valence-electron chi connectivity index (χ3n) is 6.45. The van der Waals surface area contributed by atoms with Crippen LogP contribution in [0, 0.1) is 0 Å². The molecule has 2 fully saturated rings. The topological polar surface area (TPSA) is 0 Å². The second-order valence-electron chi connectivity index (χ2n) is 7.95. The first-order valence-corrected chi connectivity index (χ1v) is 13.0. The van der Waals surface area contributed by atoms with Gasteiger partial charge in [-0.3, -0.25) is 0 Å². The van der Waals surface area contributed by atoms with E-state index in [1.54, 1.807) is 5.30 Å². The fourth-order valence-corrected chi connectivity index (χ4v) is 15.7. The maximum atomic E-state index is 7.02. The number of benzene rings is 1. The van der Waals surface area contributed by atoms with Crippen molar-refractivity contribution in [1.29, 1.82) is 0 Å². The van der Waals surface area contributed by atoms with Gasteiger partial charge in [0.15, 0.2) is 0 Å². The molecule has 1 aromatic carbocycles. The molecule has 2 aliphatic carbocycles. The third kappa shape index (κ3) is 3.47. The van der Waals surface area contributed by atoms with Crippen molar-refractivity contribution in [2.75, 3.05) is 0 Å². The van der Waals surface area contributed by atoms with Crippen molar-refractivity contribution < 1.29 is 19.2 Å². The minimum absolute atomic E-state index is 0.208. The van der Waals surface area contributed by atoms with E-state index in [9.17, 15) is 0 Å². The summed E-state index contributed by atoms with van der Waals surface area (Å²) in [6.07, 6.45) is 11.3. The maximum absolute atomic E-state index is 7.02. The molecule has 0 heterocycles. The summed E-state index contributed by atoms with van der Waals surface area (Å²) in [7, 11) is -1.76. The van der Waals surface area contributed by atoms with E-state index in [1.807, 2.05) is 0 Å². The number of hydrogen-bond acceptors (Lipinski definition) is 0. The minimum atomic E-state index is -1.76. The normalized spacial score (nSPS) is 22.9. The van der Waals surface area contributed by atoms with Gasteiger partial charge in [0.05, 0.1) is 0 Å². The molecule has 0 spiro atoms. The molecule has 1 unspecified atom stereocenters. The summed E-state index contributed by atoms with van der Waals surface area (Å²) in [5, 5.41) is 1.65. The fraction of sp³-hybridized carbons (Fsp3) is 0.700. The van der Waals surface area contributed by atoms with Crippen LogP contribution in [0.25, 0.3) is 0 Å². The Kier molecular flexibility index (Phi) is 6.30. The van der Waals surface area contributed by atoms with Crippen LogP contribution in [0.5, 0.6) is 0 Å². The van der Waals surface area contributed by atoms with Gasteiger partial charge in [-0.1, -0.05) is 0 Å². The van der Waals surface area contributed by atoms with Gasteiger partial charge in [-0.25, -0.2) is 0 Å². The quantitative estimate of drug-likeness (QED) is 0.291. The Hall–Kier alpha value is 0.602. The molecule has 3 rings (SSSR count). The molecule has 2 aliphatic rings. The van der Waals surface area contributed by atoms with Crippen LogP contribution in [0.2, 0.25) is 0 Å². The molecular weight excluding hydrogens is 413 g/mol. The summed E-state index contributed by atoms with van der Waals surface area (Å²) >= 11 is 10.6. The van der Waals surface area contributed by atoms with Crippen LogP contribution in [0.4, 0.5) is 0 Å². The Balaban J connectivity index is 2.11. The average molecular weight is 444 g/mol. The molecule has 1 atom stereocenters. The molecule has 133 valence electrons. The van der Waals surface area contributed by atoms with E-state index < -0.39 is 7.26 Å². The first-order valence-electron chi connectivity index (χ1n) is 9.41. The van der Waals surface area contributed by atoms with Gasteiger partial charge in [0.25, 0.3) is 0 Å². The zero-order valence-electron chi connectivity index (χ0n) is 14.5. The molecule has 1 aromatic rings. The van der Waals surface area contributed by atoms with E-state index in [0.717, 1.165) is 11.3 Å². The SMILES string of the molecule is CC(C)c1cccc([PH]([CH](Cl)[Pd])(C2CCCC2)C2CCCC2)c1. The van der Waals surface area contributed by atoms with Crippen molar-refractivity contribution in [3.63, 3.8) is 0 Å².